The highest BCUT2D eigenvalue weighted by atomic mass is 32.2. The molecule has 3 aromatic heterocycles. The molecular formula is C22H20N4OS. The van der Waals surface area contributed by atoms with E-state index in [1.54, 1.807) is 11.8 Å². The van der Waals surface area contributed by atoms with Crippen LogP contribution in [0.5, 0.6) is 0 Å². The van der Waals surface area contributed by atoms with Crippen LogP contribution < -0.4 is 5.32 Å². The fourth-order valence-corrected chi connectivity index (χ4v) is 3.89. The number of aryl methyl sites for hydroxylation is 1. The van der Waals surface area contributed by atoms with Crippen molar-refractivity contribution in [2.45, 2.75) is 24.1 Å². The molecule has 3 heterocycles. The summed E-state index contributed by atoms with van der Waals surface area (Å²) in [4.78, 5) is 22.7. The van der Waals surface area contributed by atoms with Crippen molar-refractivity contribution in [3.8, 4) is 0 Å². The van der Waals surface area contributed by atoms with Crippen molar-refractivity contribution in [1.82, 2.24) is 19.7 Å². The molecule has 0 spiro atoms. The molecule has 0 radical (unpaired) electrons. The first-order valence-corrected chi connectivity index (χ1v) is 10.0. The SMILES string of the molecule is Cc1cccc(CNC(=O)c2ccccc2SCc2cn3ccccc3n2)n1. The predicted molar refractivity (Wildman–Crippen MR) is 111 cm³/mol. The minimum absolute atomic E-state index is 0.0959. The Hall–Kier alpha value is -3.12. The van der Waals surface area contributed by atoms with E-state index in [1.165, 1.54) is 0 Å². The summed E-state index contributed by atoms with van der Waals surface area (Å²) in [6.45, 7) is 2.35. The molecule has 0 aliphatic carbocycles. The minimum atomic E-state index is -0.0959. The van der Waals surface area contributed by atoms with E-state index in [1.807, 2.05) is 84.4 Å². The minimum Gasteiger partial charge on any atom is -0.346 e. The summed E-state index contributed by atoms with van der Waals surface area (Å²) in [7, 11) is 0. The fourth-order valence-electron chi connectivity index (χ4n) is 2.95. The van der Waals surface area contributed by atoms with Crippen LogP contribution in [-0.4, -0.2) is 20.3 Å². The van der Waals surface area contributed by atoms with Crippen molar-refractivity contribution < 1.29 is 4.79 Å². The summed E-state index contributed by atoms with van der Waals surface area (Å²) < 4.78 is 2.00. The number of aromatic nitrogens is 3. The zero-order valence-corrected chi connectivity index (χ0v) is 16.3. The number of fused-ring (bicyclic) bond motifs is 1. The van der Waals surface area contributed by atoms with Gasteiger partial charge in [0, 0.05) is 28.7 Å². The number of hydrogen-bond acceptors (Lipinski definition) is 4. The highest BCUT2D eigenvalue weighted by Gasteiger charge is 2.12. The van der Waals surface area contributed by atoms with Crippen LogP contribution in [0.4, 0.5) is 0 Å². The van der Waals surface area contributed by atoms with E-state index in [4.69, 9.17) is 0 Å². The Labute approximate surface area is 167 Å². The fraction of sp³-hybridized carbons (Fsp3) is 0.136. The Balaban J connectivity index is 1.44. The number of benzene rings is 1. The van der Waals surface area contributed by atoms with Gasteiger partial charge in [-0.25, -0.2) is 4.98 Å². The Bertz CT molecular complexity index is 1090. The van der Waals surface area contributed by atoms with Gasteiger partial charge in [-0.2, -0.15) is 0 Å². The molecule has 0 atom stereocenters. The first kappa shape index (κ1) is 18.3. The molecule has 140 valence electrons. The van der Waals surface area contributed by atoms with E-state index < -0.39 is 0 Å². The van der Waals surface area contributed by atoms with Gasteiger partial charge in [0.05, 0.1) is 23.5 Å². The van der Waals surface area contributed by atoms with Crippen molar-refractivity contribution in [1.29, 1.82) is 0 Å². The number of hydrogen-bond donors (Lipinski definition) is 1. The summed E-state index contributed by atoms with van der Waals surface area (Å²) in [6, 6.07) is 19.4. The second-order valence-electron chi connectivity index (χ2n) is 6.44. The summed E-state index contributed by atoms with van der Waals surface area (Å²) in [5.41, 5.74) is 4.37. The molecule has 0 unspecified atom stereocenters. The maximum absolute atomic E-state index is 12.7. The van der Waals surface area contributed by atoms with Crippen LogP contribution in [-0.2, 0) is 12.3 Å². The molecule has 0 aliphatic heterocycles. The Morgan fingerprint density at radius 3 is 2.71 bits per heavy atom. The van der Waals surface area contributed by atoms with Gasteiger partial charge in [-0.05, 0) is 43.3 Å². The van der Waals surface area contributed by atoms with Gasteiger partial charge in [-0.15, -0.1) is 11.8 Å². The van der Waals surface area contributed by atoms with Gasteiger partial charge in [0.25, 0.3) is 5.91 Å². The van der Waals surface area contributed by atoms with E-state index in [0.717, 1.165) is 27.6 Å². The number of nitrogens with zero attached hydrogens (tertiary/aromatic N) is 3. The molecule has 1 N–H and O–H groups in total. The van der Waals surface area contributed by atoms with Gasteiger partial charge in [-0.1, -0.05) is 24.3 Å². The number of carbonyl (C=O) groups excluding carboxylic acids is 1. The zero-order valence-electron chi connectivity index (χ0n) is 15.5. The smallest absolute Gasteiger partial charge is 0.252 e. The van der Waals surface area contributed by atoms with E-state index in [-0.39, 0.29) is 5.91 Å². The first-order chi connectivity index (χ1) is 13.7. The molecule has 6 heteroatoms. The molecule has 0 bridgehead atoms. The van der Waals surface area contributed by atoms with Crippen molar-refractivity contribution in [2.24, 2.45) is 0 Å². The molecule has 0 saturated heterocycles. The average Bonchev–Trinajstić information content (AvgIpc) is 3.14. The second kappa shape index (κ2) is 8.27. The van der Waals surface area contributed by atoms with Gasteiger partial charge in [0.2, 0.25) is 0 Å². The molecule has 4 rings (SSSR count). The molecule has 1 aromatic carbocycles. The van der Waals surface area contributed by atoms with E-state index in [9.17, 15) is 4.79 Å². The van der Waals surface area contributed by atoms with E-state index >= 15 is 0 Å². The summed E-state index contributed by atoms with van der Waals surface area (Å²) >= 11 is 1.62. The Morgan fingerprint density at radius 2 is 1.86 bits per heavy atom. The number of nitrogens with one attached hydrogen (secondary N) is 1. The van der Waals surface area contributed by atoms with Crippen LogP contribution in [0.15, 0.2) is 78.0 Å². The average molecular weight is 388 g/mol. The molecule has 4 aromatic rings. The predicted octanol–water partition coefficient (Wildman–Crippen LogP) is 4.26. The number of pyridine rings is 2. The number of imidazole rings is 1. The largest absolute Gasteiger partial charge is 0.346 e. The molecular weight excluding hydrogens is 368 g/mol. The van der Waals surface area contributed by atoms with Crippen molar-refractivity contribution in [3.63, 3.8) is 0 Å². The van der Waals surface area contributed by atoms with Crippen molar-refractivity contribution in [2.75, 3.05) is 0 Å². The highest BCUT2D eigenvalue weighted by Crippen LogP contribution is 2.26. The van der Waals surface area contributed by atoms with Crippen LogP contribution in [0.2, 0.25) is 0 Å². The van der Waals surface area contributed by atoms with Crippen LogP contribution in [0.3, 0.4) is 0 Å². The standard InChI is InChI=1S/C22H20N4OS/c1-16-7-6-8-17(24-16)13-23-22(27)19-9-2-3-10-20(19)28-15-18-14-26-12-5-4-11-21(26)25-18/h2-12,14H,13,15H2,1H3,(H,23,27). The van der Waals surface area contributed by atoms with Gasteiger partial charge in [0.15, 0.2) is 0 Å². The van der Waals surface area contributed by atoms with Crippen LogP contribution in [0, 0.1) is 6.92 Å². The van der Waals surface area contributed by atoms with Crippen molar-refractivity contribution >= 4 is 23.3 Å². The zero-order chi connectivity index (χ0) is 19.3. The highest BCUT2D eigenvalue weighted by molar-refractivity contribution is 7.98. The Morgan fingerprint density at radius 1 is 1.00 bits per heavy atom. The summed E-state index contributed by atoms with van der Waals surface area (Å²) in [6.07, 6.45) is 4.01. The third kappa shape index (κ3) is 4.23. The molecule has 0 aliphatic rings. The molecule has 28 heavy (non-hydrogen) atoms. The van der Waals surface area contributed by atoms with Gasteiger partial charge >= 0.3 is 0 Å². The summed E-state index contributed by atoms with van der Waals surface area (Å²) in [5.74, 6) is 0.604. The quantitative estimate of drug-likeness (QED) is 0.502. The Kier molecular flexibility index (Phi) is 5.39. The van der Waals surface area contributed by atoms with Crippen molar-refractivity contribution in [3.05, 3.63) is 95.7 Å². The van der Waals surface area contributed by atoms with Gasteiger partial charge in [0.1, 0.15) is 5.65 Å². The first-order valence-electron chi connectivity index (χ1n) is 9.04. The maximum Gasteiger partial charge on any atom is 0.252 e. The number of thioether (sulfide) groups is 1. The number of rotatable bonds is 6. The van der Waals surface area contributed by atoms with E-state index in [2.05, 4.69) is 15.3 Å². The normalized spacial score (nSPS) is 10.9. The third-order valence-electron chi connectivity index (χ3n) is 4.30. The summed E-state index contributed by atoms with van der Waals surface area (Å²) in [5, 5.41) is 2.97. The molecule has 1 amide bonds. The third-order valence-corrected chi connectivity index (χ3v) is 5.40. The van der Waals surface area contributed by atoms with Crippen LogP contribution in [0.25, 0.3) is 5.65 Å². The number of amides is 1. The van der Waals surface area contributed by atoms with Gasteiger partial charge in [-0.3, -0.25) is 9.78 Å². The number of carbonyl (C=O) groups is 1. The van der Waals surface area contributed by atoms with E-state index in [0.29, 0.717) is 17.9 Å². The molecule has 0 saturated carbocycles. The lowest BCUT2D eigenvalue weighted by Crippen LogP contribution is -2.24. The lowest BCUT2D eigenvalue weighted by molar-refractivity contribution is 0.0947. The van der Waals surface area contributed by atoms with Gasteiger partial charge < -0.3 is 9.72 Å². The second-order valence-corrected chi connectivity index (χ2v) is 7.45. The molecule has 5 nitrogen and oxygen atoms in total. The van der Waals surface area contributed by atoms with Crippen LogP contribution in [0.1, 0.15) is 27.4 Å². The topological polar surface area (TPSA) is 59.3 Å². The lowest BCUT2D eigenvalue weighted by Gasteiger charge is -2.09. The maximum atomic E-state index is 12.7. The van der Waals surface area contributed by atoms with Crippen LogP contribution >= 0.6 is 11.8 Å². The lowest BCUT2D eigenvalue weighted by atomic mass is 10.2. The molecule has 0 fully saturated rings. The monoisotopic (exact) mass is 388 g/mol.